The van der Waals surface area contributed by atoms with Gasteiger partial charge in [-0.2, -0.15) is 5.10 Å². The third-order valence-electron chi connectivity index (χ3n) is 4.26. The maximum absolute atomic E-state index is 4.43. The van der Waals surface area contributed by atoms with Crippen molar-refractivity contribution in [1.82, 2.24) is 19.7 Å². The average Bonchev–Trinajstić information content (AvgIpc) is 2.95. The van der Waals surface area contributed by atoms with E-state index in [1.54, 1.807) is 17.2 Å². The number of nitrogens with one attached hydrogen (secondary N) is 1. The molecule has 1 aliphatic rings. The van der Waals surface area contributed by atoms with Crippen molar-refractivity contribution in [3.63, 3.8) is 0 Å². The number of nitrogens with zero attached hydrogens (tertiary/aromatic N) is 4. The fourth-order valence-corrected chi connectivity index (χ4v) is 2.96. The number of anilines is 1. The predicted molar refractivity (Wildman–Crippen MR) is 78.8 cm³/mol. The van der Waals surface area contributed by atoms with Crippen LogP contribution in [0.5, 0.6) is 0 Å². The summed E-state index contributed by atoms with van der Waals surface area (Å²) in [6.07, 6.45) is 10.1. The molecule has 0 aromatic carbocycles. The molecular formula is C15H21N5. The maximum Gasteiger partial charge on any atom is 0.178 e. The molecule has 0 amide bonds. The van der Waals surface area contributed by atoms with Crippen molar-refractivity contribution in [2.75, 3.05) is 5.32 Å². The van der Waals surface area contributed by atoms with Crippen LogP contribution in [0.1, 0.15) is 39.5 Å². The van der Waals surface area contributed by atoms with Crippen LogP contribution in [0.15, 0.2) is 31.0 Å². The van der Waals surface area contributed by atoms with Crippen LogP contribution in [0.25, 0.3) is 5.82 Å². The van der Waals surface area contributed by atoms with Gasteiger partial charge in [0.15, 0.2) is 5.82 Å². The second-order valence-electron chi connectivity index (χ2n) is 6.15. The fraction of sp³-hybridized carbons (Fsp3) is 0.533. The summed E-state index contributed by atoms with van der Waals surface area (Å²) in [7, 11) is 0. The molecule has 1 atom stereocenters. The molecular weight excluding hydrogens is 250 g/mol. The Balaban J connectivity index is 1.88. The molecule has 20 heavy (non-hydrogen) atoms. The lowest BCUT2D eigenvalue weighted by atomic mass is 9.73. The van der Waals surface area contributed by atoms with Crippen LogP contribution in [0, 0.1) is 5.41 Å². The summed E-state index contributed by atoms with van der Waals surface area (Å²) < 4.78 is 1.71. The molecule has 1 fully saturated rings. The quantitative estimate of drug-likeness (QED) is 0.932. The molecule has 0 spiro atoms. The number of rotatable bonds is 3. The predicted octanol–water partition coefficient (Wildman–Crippen LogP) is 3.04. The van der Waals surface area contributed by atoms with Crippen LogP contribution in [0.4, 0.5) is 5.69 Å². The molecule has 2 heterocycles. The summed E-state index contributed by atoms with van der Waals surface area (Å²) in [5.74, 6) is 0.811. The minimum absolute atomic E-state index is 0.313. The van der Waals surface area contributed by atoms with E-state index in [0.29, 0.717) is 11.5 Å². The summed E-state index contributed by atoms with van der Waals surface area (Å²) in [4.78, 5) is 8.43. The van der Waals surface area contributed by atoms with Crippen molar-refractivity contribution in [1.29, 1.82) is 0 Å². The zero-order chi connectivity index (χ0) is 14.0. The molecule has 5 heteroatoms. The Morgan fingerprint density at radius 2 is 2.25 bits per heavy atom. The minimum Gasteiger partial charge on any atom is -0.379 e. The molecule has 3 rings (SSSR count). The van der Waals surface area contributed by atoms with Gasteiger partial charge in [0.1, 0.15) is 12.7 Å². The molecule has 0 bridgehead atoms. The molecule has 0 saturated heterocycles. The zero-order valence-electron chi connectivity index (χ0n) is 12.1. The van der Waals surface area contributed by atoms with Crippen LogP contribution in [0.3, 0.4) is 0 Å². The Morgan fingerprint density at radius 3 is 3.00 bits per heavy atom. The highest BCUT2D eigenvalue weighted by Gasteiger charge is 2.32. The van der Waals surface area contributed by atoms with Crippen LogP contribution in [-0.2, 0) is 0 Å². The maximum atomic E-state index is 4.43. The lowest BCUT2D eigenvalue weighted by Crippen LogP contribution is -2.39. The number of hydrogen-bond acceptors (Lipinski definition) is 4. The fourth-order valence-electron chi connectivity index (χ4n) is 2.96. The molecule has 1 aliphatic carbocycles. The van der Waals surface area contributed by atoms with Gasteiger partial charge >= 0.3 is 0 Å². The molecule has 5 nitrogen and oxygen atoms in total. The van der Waals surface area contributed by atoms with E-state index in [4.69, 9.17) is 0 Å². The van der Waals surface area contributed by atoms with Gasteiger partial charge in [-0.1, -0.05) is 26.7 Å². The molecule has 0 aliphatic heterocycles. The second-order valence-corrected chi connectivity index (χ2v) is 6.15. The van der Waals surface area contributed by atoms with Gasteiger partial charge in [-0.05, 0) is 30.4 Å². The van der Waals surface area contributed by atoms with Crippen LogP contribution in [0.2, 0.25) is 0 Å². The Kier molecular flexibility index (Phi) is 3.42. The number of pyridine rings is 1. The van der Waals surface area contributed by atoms with Crippen molar-refractivity contribution >= 4 is 5.69 Å². The molecule has 1 saturated carbocycles. The van der Waals surface area contributed by atoms with Gasteiger partial charge in [0.25, 0.3) is 0 Å². The Hall–Kier alpha value is -1.91. The van der Waals surface area contributed by atoms with E-state index in [1.807, 2.05) is 6.07 Å². The van der Waals surface area contributed by atoms with Crippen LogP contribution < -0.4 is 5.32 Å². The summed E-state index contributed by atoms with van der Waals surface area (Å²) in [6.45, 7) is 4.69. The Bertz CT molecular complexity index is 561. The monoisotopic (exact) mass is 271 g/mol. The normalized spacial score (nSPS) is 21.6. The summed E-state index contributed by atoms with van der Waals surface area (Å²) >= 11 is 0. The van der Waals surface area contributed by atoms with Gasteiger partial charge in [-0.15, -0.1) is 0 Å². The third kappa shape index (κ3) is 2.53. The first-order valence-electron chi connectivity index (χ1n) is 7.23. The van der Waals surface area contributed by atoms with Gasteiger partial charge in [-0.3, -0.25) is 0 Å². The van der Waals surface area contributed by atoms with Gasteiger partial charge in [-0.25, -0.2) is 14.6 Å². The van der Waals surface area contributed by atoms with Crippen molar-refractivity contribution in [3.8, 4) is 5.82 Å². The molecule has 2 aromatic rings. The topological polar surface area (TPSA) is 55.6 Å². The van der Waals surface area contributed by atoms with Crippen molar-refractivity contribution in [2.24, 2.45) is 5.41 Å². The van der Waals surface area contributed by atoms with E-state index in [9.17, 15) is 0 Å². The van der Waals surface area contributed by atoms with E-state index >= 15 is 0 Å². The first kappa shape index (κ1) is 13.1. The van der Waals surface area contributed by atoms with Crippen molar-refractivity contribution < 1.29 is 0 Å². The second kappa shape index (κ2) is 5.23. The Labute approximate surface area is 119 Å². The zero-order valence-corrected chi connectivity index (χ0v) is 12.1. The summed E-state index contributed by atoms with van der Waals surface area (Å²) in [6, 6.07) is 4.50. The first-order chi connectivity index (χ1) is 9.67. The molecule has 1 N–H and O–H groups in total. The summed E-state index contributed by atoms with van der Waals surface area (Å²) in [5.41, 5.74) is 1.34. The van der Waals surface area contributed by atoms with Gasteiger partial charge in [0.2, 0.25) is 0 Å². The van der Waals surface area contributed by atoms with Crippen molar-refractivity contribution in [2.45, 2.75) is 45.6 Å². The van der Waals surface area contributed by atoms with Crippen LogP contribution in [-0.4, -0.2) is 25.8 Å². The third-order valence-corrected chi connectivity index (χ3v) is 4.26. The first-order valence-corrected chi connectivity index (χ1v) is 7.23. The van der Waals surface area contributed by atoms with E-state index in [0.717, 1.165) is 11.5 Å². The van der Waals surface area contributed by atoms with Gasteiger partial charge < -0.3 is 5.32 Å². The SMILES string of the molecule is CC1(C)CCCCC1Nc1cccnc1-n1cncn1. The highest BCUT2D eigenvalue weighted by Crippen LogP contribution is 2.37. The number of hydrogen-bond donors (Lipinski definition) is 1. The van der Waals surface area contributed by atoms with E-state index < -0.39 is 0 Å². The lowest BCUT2D eigenvalue weighted by Gasteiger charge is -2.39. The smallest absolute Gasteiger partial charge is 0.178 e. The number of aromatic nitrogens is 4. The molecule has 1 unspecified atom stereocenters. The minimum atomic E-state index is 0.313. The molecule has 0 radical (unpaired) electrons. The van der Waals surface area contributed by atoms with Gasteiger partial charge in [0, 0.05) is 12.2 Å². The van der Waals surface area contributed by atoms with E-state index in [1.165, 1.54) is 32.0 Å². The highest BCUT2D eigenvalue weighted by atomic mass is 15.3. The summed E-state index contributed by atoms with van der Waals surface area (Å²) in [5, 5.41) is 7.86. The average molecular weight is 271 g/mol. The largest absolute Gasteiger partial charge is 0.379 e. The van der Waals surface area contributed by atoms with Gasteiger partial charge in [0.05, 0.1) is 5.69 Å². The van der Waals surface area contributed by atoms with Crippen molar-refractivity contribution in [3.05, 3.63) is 31.0 Å². The molecule has 106 valence electrons. The Morgan fingerprint density at radius 1 is 1.35 bits per heavy atom. The van der Waals surface area contributed by atoms with Crippen LogP contribution >= 0.6 is 0 Å². The highest BCUT2D eigenvalue weighted by molar-refractivity contribution is 5.56. The van der Waals surface area contributed by atoms with E-state index in [2.05, 4.69) is 40.3 Å². The molecule has 2 aromatic heterocycles. The standard InChI is InChI=1S/C15H21N5/c1-15(2)8-4-3-7-13(15)19-12-6-5-9-17-14(12)20-11-16-10-18-20/h5-6,9-11,13,19H,3-4,7-8H2,1-2H3. The lowest BCUT2D eigenvalue weighted by molar-refractivity contribution is 0.217. The van der Waals surface area contributed by atoms with E-state index in [-0.39, 0.29) is 0 Å².